The lowest BCUT2D eigenvalue weighted by Gasteiger charge is -2.19. The van der Waals surface area contributed by atoms with E-state index in [4.69, 9.17) is 0 Å². The molecule has 2 amide bonds. The van der Waals surface area contributed by atoms with E-state index in [1.165, 1.54) is 0 Å². The Kier molecular flexibility index (Phi) is 3.65. The number of pyridine rings is 1. The third-order valence-electron chi connectivity index (χ3n) is 4.58. The van der Waals surface area contributed by atoms with Gasteiger partial charge in [-0.3, -0.25) is 9.72 Å². The van der Waals surface area contributed by atoms with Gasteiger partial charge in [0.15, 0.2) is 5.65 Å². The Balaban J connectivity index is 1.51. The van der Waals surface area contributed by atoms with Crippen molar-refractivity contribution in [3.8, 4) is 0 Å². The fraction of sp³-hybridized carbons (Fsp3) is 0.278. The first kappa shape index (κ1) is 14.7. The Morgan fingerprint density at radius 1 is 1.17 bits per heavy atom. The second-order valence-electron chi connectivity index (χ2n) is 6.32. The zero-order chi connectivity index (χ0) is 16.5. The number of benzene rings is 1. The average Bonchev–Trinajstić information content (AvgIpc) is 3.20. The third kappa shape index (κ3) is 2.82. The van der Waals surface area contributed by atoms with E-state index in [-0.39, 0.29) is 12.1 Å². The Hall–Kier alpha value is -2.89. The zero-order valence-electron chi connectivity index (χ0n) is 13.4. The molecular formula is C18H19N5O. The summed E-state index contributed by atoms with van der Waals surface area (Å²) in [7, 11) is 0. The van der Waals surface area contributed by atoms with Gasteiger partial charge in [-0.25, -0.2) is 4.79 Å². The number of hydrogen-bond donors (Lipinski definition) is 2. The number of rotatable bonds is 4. The number of nitrogens with one attached hydrogen (secondary N) is 2. The van der Waals surface area contributed by atoms with Gasteiger partial charge >= 0.3 is 6.03 Å². The van der Waals surface area contributed by atoms with Crippen LogP contribution in [0.1, 0.15) is 24.9 Å². The summed E-state index contributed by atoms with van der Waals surface area (Å²) < 4.78 is 1.75. The number of nitrogens with zero attached hydrogens (tertiary/aromatic N) is 3. The first-order valence-electron chi connectivity index (χ1n) is 8.14. The minimum Gasteiger partial charge on any atom is -0.331 e. The Labute approximate surface area is 139 Å². The molecule has 4 rings (SSSR count). The van der Waals surface area contributed by atoms with Crippen molar-refractivity contribution in [2.24, 2.45) is 11.8 Å². The molecule has 6 nitrogen and oxygen atoms in total. The minimum atomic E-state index is -0.263. The molecule has 1 aromatic carbocycles. The van der Waals surface area contributed by atoms with Crippen LogP contribution in [0.5, 0.6) is 0 Å². The molecule has 1 aliphatic rings. The first-order chi connectivity index (χ1) is 11.7. The van der Waals surface area contributed by atoms with Gasteiger partial charge in [0.25, 0.3) is 0 Å². The van der Waals surface area contributed by atoms with Crippen LogP contribution in [0, 0.1) is 11.8 Å². The molecule has 122 valence electrons. The van der Waals surface area contributed by atoms with Gasteiger partial charge in [0.1, 0.15) is 0 Å². The summed E-state index contributed by atoms with van der Waals surface area (Å²) in [6.45, 7) is 2.21. The van der Waals surface area contributed by atoms with Crippen molar-refractivity contribution >= 4 is 17.6 Å². The maximum atomic E-state index is 12.5. The van der Waals surface area contributed by atoms with Crippen LogP contribution in [-0.4, -0.2) is 20.6 Å². The molecule has 1 aliphatic carbocycles. The van der Waals surface area contributed by atoms with Gasteiger partial charge in [-0.1, -0.05) is 43.3 Å². The SMILES string of the molecule is C[C@@H]1C[C@H]1[C@H](NC(=O)Nc1nnc2ccccn12)c1ccccc1. The molecule has 3 aromatic rings. The molecule has 24 heavy (non-hydrogen) atoms. The molecule has 0 aliphatic heterocycles. The zero-order valence-corrected chi connectivity index (χ0v) is 13.4. The summed E-state index contributed by atoms with van der Waals surface area (Å²) in [5.74, 6) is 1.52. The summed E-state index contributed by atoms with van der Waals surface area (Å²) in [6.07, 6.45) is 2.95. The number of fused-ring (bicyclic) bond motifs is 1. The molecule has 3 atom stereocenters. The average molecular weight is 321 g/mol. The lowest BCUT2D eigenvalue weighted by Crippen LogP contribution is -2.34. The highest BCUT2D eigenvalue weighted by atomic mass is 16.2. The van der Waals surface area contributed by atoms with Crippen LogP contribution in [0.25, 0.3) is 5.65 Å². The van der Waals surface area contributed by atoms with Crippen LogP contribution in [0.3, 0.4) is 0 Å². The van der Waals surface area contributed by atoms with E-state index < -0.39 is 0 Å². The van der Waals surface area contributed by atoms with Gasteiger partial charge in [0.05, 0.1) is 6.04 Å². The largest absolute Gasteiger partial charge is 0.331 e. The molecule has 1 fully saturated rings. The second-order valence-corrected chi connectivity index (χ2v) is 6.32. The van der Waals surface area contributed by atoms with Gasteiger partial charge in [0, 0.05) is 6.20 Å². The van der Waals surface area contributed by atoms with Gasteiger partial charge in [-0.15, -0.1) is 10.2 Å². The third-order valence-corrected chi connectivity index (χ3v) is 4.58. The van der Waals surface area contributed by atoms with Crippen molar-refractivity contribution in [1.29, 1.82) is 0 Å². The molecule has 0 bridgehead atoms. The maximum Gasteiger partial charge on any atom is 0.322 e. The quantitative estimate of drug-likeness (QED) is 0.775. The molecular weight excluding hydrogens is 302 g/mol. The Bertz CT molecular complexity index is 860. The number of aromatic nitrogens is 3. The predicted molar refractivity (Wildman–Crippen MR) is 91.6 cm³/mol. The normalized spacial score (nSPS) is 20.5. The molecule has 0 spiro atoms. The van der Waals surface area contributed by atoms with E-state index in [1.807, 2.05) is 42.6 Å². The molecule has 1 saturated carbocycles. The van der Waals surface area contributed by atoms with Crippen molar-refractivity contribution in [3.63, 3.8) is 0 Å². The molecule has 2 heterocycles. The number of hydrogen-bond acceptors (Lipinski definition) is 3. The van der Waals surface area contributed by atoms with E-state index in [0.717, 1.165) is 12.0 Å². The number of anilines is 1. The number of amides is 2. The lowest BCUT2D eigenvalue weighted by atomic mass is 10.0. The van der Waals surface area contributed by atoms with E-state index in [9.17, 15) is 4.79 Å². The smallest absolute Gasteiger partial charge is 0.322 e. The lowest BCUT2D eigenvalue weighted by molar-refractivity contribution is 0.246. The van der Waals surface area contributed by atoms with Gasteiger partial charge in [0.2, 0.25) is 5.95 Å². The van der Waals surface area contributed by atoms with Crippen LogP contribution in [0.2, 0.25) is 0 Å². The molecule has 2 N–H and O–H groups in total. The first-order valence-corrected chi connectivity index (χ1v) is 8.14. The summed E-state index contributed by atoms with van der Waals surface area (Å²) in [6, 6.07) is 15.5. The Morgan fingerprint density at radius 3 is 2.67 bits per heavy atom. The fourth-order valence-electron chi connectivity index (χ4n) is 3.12. The maximum absolute atomic E-state index is 12.5. The van der Waals surface area contributed by atoms with Crippen molar-refractivity contribution < 1.29 is 4.79 Å². The summed E-state index contributed by atoms with van der Waals surface area (Å²) in [5.41, 5.74) is 1.83. The molecule has 0 saturated heterocycles. The minimum absolute atomic E-state index is 0.0142. The number of carbonyl (C=O) groups is 1. The molecule has 6 heteroatoms. The standard InChI is InChI=1S/C18H19N5O/c1-12-11-14(12)16(13-7-3-2-4-8-13)19-18(24)20-17-22-21-15-9-5-6-10-23(15)17/h2-10,12,14,16H,11H2,1H3,(H2,19,20,22,24)/t12-,14-,16-/m1/s1. The van der Waals surface area contributed by atoms with Crippen LogP contribution in [0.4, 0.5) is 10.7 Å². The highest BCUT2D eigenvalue weighted by Crippen LogP contribution is 2.46. The van der Waals surface area contributed by atoms with Crippen LogP contribution in [-0.2, 0) is 0 Å². The van der Waals surface area contributed by atoms with E-state index in [2.05, 4.69) is 39.9 Å². The highest BCUT2D eigenvalue weighted by Gasteiger charge is 2.41. The van der Waals surface area contributed by atoms with Crippen molar-refractivity contribution in [2.75, 3.05) is 5.32 Å². The second kappa shape index (κ2) is 5.96. The fourth-order valence-corrected chi connectivity index (χ4v) is 3.12. The summed E-state index contributed by atoms with van der Waals surface area (Å²) in [4.78, 5) is 12.5. The molecule has 2 aromatic heterocycles. The van der Waals surface area contributed by atoms with Gasteiger partial charge in [-0.2, -0.15) is 0 Å². The monoisotopic (exact) mass is 321 g/mol. The van der Waals surface area contributed by atoms with Crippen molar-refractivity contribution in [1.82, 2.24) is 19.9 Å². The van der Waals surface area contributed by atoms with E-state index in [0.29, 0.717) is 23.4 Å². The molecule has 0 radical (unpaired) electrons. The highest BCUT2D eigenvalue weighted by molar-refractivity contribution is 5.88. The van der Waals surface area contributed by atoms with E-state index >= 15 is 0 Å². The van der Waals surface area contributed by atoms with Gasteiger partial charge in [-0.05, 0) is 36.0 Å². The summed E-state index contributed by atoms with van der Waals surface area (Å²) in [5, 5.41) is 14.0. The predicted octanol–water partition coefficient (Wildman–Crippen LogP) is 3.25. The van der Waals surface area contributed by atoms with Crippen molar-refractivity contribution in [3.05, 3.63) is 60.3 Å². The van der Waals surface area contributed by atoms with E-state index in [1.54, 1.807) is 4.40 Å². The van der Waals surface area contributed by atoms with Crippen LogP contribution < -0.4 is 10.6 Å². The Morgan fingerprint density at radius 2 is 1.92 bits per heavy atom. The van der Waals surface area contributed by atoms with Crippen LogP contribution in [0.15, 0.2) is 54.7 Å². The summed E-state index contributed by atoms with van der Waals surface area (Å²) >= 11 is 0. The topological polar surface area (TPSA) is 71.3 Å². The molecule has 0 unspecified atom stereocenters. The van der Waals surface area contributed by atoms with Crippen molar-refractivity contribution in [2.45, 2.75) is 19.4 Å². The number of carbonyl (C=O) groups excluding carboxylic acids is 1. The van der Waals surface area contributed by atoms with Crippen LogP contribution >= 0.6 is 0 Å². The number of urea groups is 1. The van der Waals surface area contributed by atoms with Gasteiger partial charge < -0.3 is 5.32 Å².